The molecule has 3 rings (SSSR count). The summed E-state index contributed by atoms with van der Waals surface area (Å²) in [6.07, 6.45) is 1.73. The molecule has 1 N–H and O–H groups in total. The van der Waals surface area contributed by atoms with Crippen LogP contribution in [0.1, 0.15) is 24.1 Å². The van der Waals surface area contributed by atoms with Gasteiger partial charge >= 0.3 is 0 Å². The predicted molar refractivity (Wildman–Crippen MR) is 97.4 cm³/mol. The highest BCUT2D eigenvalue weighted by Crippen LogP contribution is 2.25. The van der Waals surface area contributed by atoms with Crippen LogP contribution in [-0.2, 0) is 11.3 Å². The van der Waals surface area contributed by atoms with Crippen LogP contribution in [-0.4, -0.2) is 10.5 Å². The highest BCUT2D eigenvalue weighted by Gasteiger charge is 2.13. The quantitative estimate of drug-likeness (QED) is 0.737. The molecule has 5 heteroatoms. The lowest BCUT2D eigenvalue weighted by Gasteiger charge is -2.15. The van der Waals surface area contributed by atoms with E-state index in [1.807, 2.05) is 60.0 Å². The first-order chi connectivity index (χ1) is 11.6. The molecule has 120 valence electrons. The average Bonchev–Trinajstić information content (AvgIpc) is 2.92. The van der Waals surface area contributed by atoms with Gasteiger partial charge in [0.2, 0.25) is 5.91 Å². The van der Waals surface area contributed by atoms with E-state index in [1.54, 1.807) is 6.20 Å². The number of halogens is 1. The Morgan fingerprint density at radius 2 is 2.04 bits per heavy atom. The number of nitrogens with zero attached hydrogens (tertiary/aromatic N) is 2. The number of nitrogens with one attached hydrogen (secondary N) is 1. The minimum absolute atomic E-state index is 0.0647. The molecule has 1 heterocycles. The zero-order valence-corrected chi connectivity index (χ0v) is 14.7. The number of nitriles is 1. The first-order valence-corrected chi connectivity index (χ1v) is 8.40. The van der Waals surface area contributed by atoms with Crippen molar-refractivity contribution in [1.82, 2.24) is 9.88 Å². The number of fused-ring (bicyclic) bond motifs is 1. The average molecular weight is 382 g/mol. The maximum absolute atomic E-state index is 12.4. The van der Waals surface area contributed by atoms with E-state index < -0.39 is 0 Å². The van der Waals surface area contributed by atoms with Crippen molar-refractivity contribution in [3.8, 4) is 6.07 Å². The molecule has 24 heavy (non-hydrogen) atoms. The molecule has 3 aromatic rings. The van der Waals surface area contributed by atoms with E-state index in [-0.39, 0.29) is 18.5 Å². The molecular weight excluding hydrogens is 366 g/mol. The summed E-state index contributed by atoms with van der Waals surface area (Å²) in [5.41, 5.74) is 2.50. The fourth-order valence-corrected chi connectivity index (χ4v) is 3.12. The van der Waals surface area contributed by atoms with Gasteiger partial charge in [0.15, 0.2) is 0 Å². The summed E-state index contributed by atoms with van der Waals surface area (Å²) in [4.78, 5) is 12.4. The summed E-state index contributed by atoms with van der Waals surface area (Å²) in [6, 6.07) is 17.7. The lowest BCUT2D eigenvalue weighted by Crippen LogP contribution is -2.29. The first-order valence-electron chi connectivity index (χ1n) is 7.61. The van der Waals surface area contributed by atoms with E-state index in [4.69, 9.17) is 0 Å². The van der Waals surface area contributed by atoms with Gasteiger partial charge < -0.3 is 9.88 Å². The van der Waals surface area contributed by atoms with Gasteiger partial charge in [0.25, 0.3) is 0 Å². The first kappa shape index (κ1) is 16.3. The van der Waals surface area contributed by atoms with Crippen LogP contribution in [0.4, 0.5) is 0 Å². The van der Waals surface area contributed by atoms with Gasteiger partial charge in [0, 0.05) is 21.6 Å². The Kier molecular flexibility index (Phi) is 4.68. The van der Waals surface area contributed by atoms with Crippen LogP contribution >= 0.6 is 15.9 Å². The highest BCUT2D eigenvalue weighted by atomic mass is 79.9. The normalized spacial score (nSPS) is 11.9. The largest absolute Gasteiger partial charge is 0.348 e. The van der Waals surface area contributed by atoms with Crippen LogP contribution in [0.25, 0.3) is 10.9 Å². The fraction of sp³-hybridized carbons (Fsp3) is 0.158. The summed E-state index contributed by atoms with van der Waals surface area (Å²) < 4.78 is 2.72. The number of aromatic nitrogens is 1. The zero-order chi connectivity index (χ0) is 17.1. The molecule has 0 aliphatic heterocycles. The molecule has 1 amide bonds. The molecule has 0 unspecified atom stereocenters. The lowest BCUT2D eigenvalue weighted by molar-refractivity contribution is -0.122. The van der Waals surface area contributed by atoms with Crippen molar-refractivity contribution in [2.45, 2.75) is 19.5 Å². The van der Waals surface area contributed by atoms with Crippen molar-refractivity contribution < 1.29 is 4.79 Å². The molecule has 0 saturated heterocycles. The van der Waals surface area contributed by atoms with Crippen molar-refractivity contribution in [3.05, 3.63) is 70.3 Å². The molecule has 1 aromatic heterocycles. The number of carbonyl (C=O) groups excluding carboxylic acids is 1. The topological polar surface area (TPSA) is 57.8 Å². The second-order valence-electron chi connectivity index (χ2n) is 5.64. The number of benzene rings is 2. The molecule has 2 aromatic carbocycles. The summed E-state index contributed by atoms with van der Waals surface area (Å²) in [7, 11) is 0. The minimum atomic E-state index is -0.0874. The summed E-state index contributed by atoms with van der Waals surface area (Å²) in [5.74, 6) is -0.0874. The number of hydrogen-bond donors (Lipinski definition) is 1. The van der Waals surface area contributed by atoms with Gasteiger partial charge in [0.05, 0.1) is 11.6 Å². The molecule has 0 aliphatic carbocycles. The predicted octanol–water partition coefficient (Wildman–Crippen LogP) is 4.15. The van der Waals surface area contributed by atoms with Gasteiger partial charge in [-0.3, -0.25) is 4.79 Å². The lowest BCUT2D eigenvalue weighted by atomic mass is 10.1. The van der Waals surface area contributed by atoms with Gasteiger partial charge in [0.1, 0.15) is 12.6 Å². The number of carbonyl (C=O) groups is 1. The molecular formula is C19H16BrN3O. The van der Waals surface area contributed by atoms with E-state index >= 15 is 0 Å². The molecule has 4 nitrogen and oxygen atoms in total. The van der Waals surface area contributed by atoms with E-state index in [0.717, 1.165) is 20.9 Å². The Bertz CT molecular complexity index is 925. The summed E-state index contributed by atoms with van der Waals surface area (Å²) in [5, 5.41) is 13.1. The molecule has 0 aliphatic rings. The van der Waals surface area contributed by atoms with Crippen LogP contribution in [0.5, 0.6) is 0 Å². The minimum Gasteiger partial charge on any atom is -0.348 e. The molecule has 0 fully saturated rings. The molecule has 0 saturated carbocycles. The van der Waals surface area contributed by atoms with Crippen molar-refractivity contribution in [3.63, 3.8) is 0 Å². The van der Waals surface area contributed by atoms with Gasteiger partial charge in [-0.15, -0.1) is 0 Å². The van der Waals surface area contributed by atoms with Gasteiger partial charge in [-0.1, -0.05) is 46.3 Å². The van der Waals surface area contributed by atoms with Crippen LogP contribution in [0.3, 0.4) is 0 Å². The van der Waals surface area contributed by atoms with Gasteiger partial charge in [-0.25, -0.2) is 0 Å². The van der Waals surface area contributed by atoms with Crippen molar-refractivity contribution in [1.29, 1.82) is 5.26 Å². The Morgan fingerprint density at radius 1 is 1.29 bits per heavy atom. The zero-order valence-electron chi connectivity index (χ0n) is 13.2. The van der Waals surface area contributed by atoms with Crippen molar-refractivity contribution in [2.75, 3.05) is 0 Å². The van der Waals surface area contributed by atoms with Crippen molar-refractivity contribution in [2.24, 2.45) is 0 Å². The standard InChI is InChI=1S/C19H16BrN3O/c1-13(14-5-3-2-4-6-14)22-19(24)12-23-11-15(10-21)17-9-16(20)7-8-18(17)23/h2-9,11,13H,12H2,1H3,(H,22,24)/t13-/m1/s1. The van der Waals surface area contributed by atoms with E-state index in [2.05, 4.69) is 27.3 Å². The van der Waals surface area contributed by atoms with Crippen LogP contribution in [0.15, 0.2) is 59.2 Å². The Morgan fingerprint density at radius 3 is 2.75 bits per heavy atom. The summed E-state index contributed by atoms with van der Waals surface area (Å²) >= 11 is 3.42. The maximum atomic E-state index is 12.4. The van der Waals surface area contributed by atoms with E-state index in [9.17, 15) is 10.1 Å². The van der Waals surface area contributed by atoms with Gasteiger partial charge in [-0.05, 0) is 30.7 Å². The number of hydrogen-bond acceptors (Lipinski definition) is 2. The fourth-order valence-electron chi connectivity index (χ4n) is 2.76. The van der Waals surface area contributed by atoms with Crippen LogP contribution in [0, 0.1) is 11.3 Å². The monoisotopic (exact) mass is 381 g/mol. The van der Waals surface area contributed by atoms with E-state index in [1.165, 1.54) is 0 Å². The summed E-state index contributed by atoms with van der Waals surface area (Å²) in [6.45, 7) is 2.13. The maximum Gasteiger partial charge on any atom is 0.240 e. The molecule has 0 bridgehead atoms. The highest BCUT2D eigenvalue weighted by molar-refractivity contribution is 9.10. The molecule has 0 spiro atoms. The Labute approximate surface area is 148 Å². The van der Waals surface area contributed by atoms with Gasteiger partial charge in [-0.2, -0.15) is 5.26 Å². The SMILES string of the molecule is C[C@@H](NC(=O)Cn1cc(C#N)c2cc(Br)ccc21)c1ccccc1. The second kappa shape index (κ2) is 6.90. The van der Waals surface area contributed by atoms with E-state index in [0.29, 0.717) is 5.56 Å². The van der Waals surface area contributed by atoms with Crippen molar-refractivity contribution >= 4 is 32.7 Å². The smallest absolute Gasteiger partial charge is 0.240 e. The Hall–Kier alpha value is -2.58. The van der Waals surface area contributed by atoms with Crippen LogP contribution in [0.2, 0.25) is 0 Å². The third-order valence-electron chi connectivity index (χ3n) is 3.95. The Balaban J connectivity index is 1.80. The third-order valence-corrected chi connectivity index (χ3v) is 4.45. The molecule has 0 radical (unpaired) electrons. The van der Waals surface area contributed by atoms with Crippen LogP contribution < -0.4 is 5.32 Å². The number of amides is 1. The number of rotatable bonds is 4. The molecule has 1 atom stereocenters. The third kappa shape index (κ3) is 3.34. The second-order valence-corrected chi connectivity index (χ2v) is 6.56.